The first kappa shape index (κ1) is 12.1. The van der Waals surface area contributed by atoms with Crippen molar-refractivity contribution in [2.24, 2.45) is 0 Å². The van der Waals surface area contributed by atoms with Crippen LogP contribution in [0.3, 0.4) is 0 Å². The molecule has 0 spiro atoms. The number of carbonyl (C=O) groups is 1. The van der Waals surface area contributed by atoms with Crippen molar-refractivity contribution in [1.82, 2.24) is 10.5 Å². The van der Waals surface area contributed by atoms with Crippen molar-refractivity contribution in [2.75, 3.05) is 6.54 Å². The first-order valence-corrected chi connectivity index (χ1v) is 5.66. The number of hydrogen-bond donors (Lipinski definition) is 2. The van der Waals surface area contributed by atoms with E-state index in [1.54, 1.807) is 0 Å². The Morgan fingerprint density at radius 3 is 3.06 bits per heavy atom. The van der Waals surface area contributed by atoms with Gasteiger partial charge in [0.05, 0.1) is 11.8 Å². The molecule has 0 aliphatic carbocycles. The summed E-state index contributed by atoms with van der Waals surface area (Å²) in [5, 5.41) is 15.8. The molecule has 0 amide bonds. The summed E-state index contributed by atoms with van der Waals surface area (Å²) in [4.78, 5) is 10.7. The summed E-state index contributed by atoms with van der Waals surface area (Å²) in [5.74, 6) is -0.0931. The third kappa shape index (κ3) is 3.28. The highest BCUT2D eigenvalue weighted by Gasteiger charge is 2.29. The monoisotopic (exact) mass is 240 g/mol. The van der Waals surface area contributed by atoms with Crippen LogP contribution in [0.4, 0.5) is 0 Å². The Labute approximate surface area is 98.9 Å². The average Bonchev–Trinajstić information content (AvgIpc) is 2.88. The number of hydrogen-bond acceptors (Lipinski definition) is 5. The van der Waals surface area contributed by atoms with Crippen molar-refractivity contribution in [3.05, 3.63) is 17.5 Å². The summed E-state index contributed by atoms with van der Waals surface area (Å²) in [6.07, 6.45) is 0.701. The Balaban J connectivity index is 1.68. The number of carboxylic acids is 1. The van der Waals surface area contributed by atoms with Gasteiger partial charge in [-0.05, 0) is 19.8 Å². The molecule has 1 aliphatic rings. The molecular formula is C11H16N2O4. The molecule has 6 nitrogen and oxygen atoms in total. The molecular weight excluding hydrogens is 224 g/mol. The molecule has 6 heteroatoms. The van der Waals surface area contributed by atoms with E-state index in [-0.39, 0.29) is 6.10 Å². The average molecular weight is 240 g/mol. The van der Waals surface area contributed by atoms with Crippen LogP contribution < -0.4 is 5.32 Å². The van der Waals surface area contributed by atoms with Gasteiger partial charge in [-0.3, -0.25) is 0 Å². The fourth-order valence-electron chi connectivity index (χ4n) is 1.90. The van der Waals surface area contributed by atoms with E-state index in [1.165, 1.54) is 0 Å². The predicted molar refractivity (Wildman–Crippen MR) is 58.5 cm³/mol. The minimum absolute atomic E-state index is 0.0240. The topological polar surface area (TPSA) is 84.6 Å². The van der Waals surface area contributed by atoms with Crippen LogP contribution in [-0.4, -0.2) is 35.0 Å². The summed E-state index contributed by atoms with van der Waals surface area (Å²) in [5.41, 5.74) is 0.843. The smallest absolute Gasteiger partial charge is 0.332 e. The molecule has 2 heterocycles. The molecule has 0 radical (unpaired) electrons. The van der Waals surface area contributed by atoms with Gasteiger partial charge in [0.15, 0.2) is 6.10 Å². The number of ether oxygens (including phenoxy) is 1. The number of aryl methyl sites for hydroxylation is 1. The van der Waals surface area contributed by atoms with Gasteiger partial charge in [-0.25, -0.2) is 4.79 Å². The minimum Gasteiger partial charge on any atom is -0.479 e. The van der Waals surface area contributed by atoms with Crippen molar-refractivity contribution in [2.45, 2.75) is 38.5 Å². The van der Waals surface area contributed by atoms with E-state index in [2.05, 4.69) is 10.5 Å². The Kier molecular flexibility index (Phi) is 3.75. The van der Waals surface area contributed by atoms with Gasteiger partial charge in [0.2, 0.25) is 0 Å². The van der Waals surface area contributed by atoms with E-state index in [4.69, 9.17) is 14.4 Å². The fourth-order valence-corrected chi connectivity index (χ4v) is 1.90. The maximum absolute atomic E-state index is 10.7. The summed E-state index contributed by atoms with van der Waals surface area (Å²) < 4.78 is 10.3. The second-order valence-corrected chi connectivity index (χ2v) is 4.22. The van der Waals surface area contributed by atoms with Crippen LogP contribution in [0, 0.1) is 6.92 Å². The van der Waals surface area contributed by atoms with Crippen molar-refractivity contribution < 1.29 is 19.2 Å². The first-order valence-electron chi connectivity index (χ1n) is 5.66. The number of rotatable bonds is 5. The molecule has 0 bridgehead atoms. The quantitative estimate of drug-likeness (QED) is 0.788. The molecule has 2 N–H and O–H groups in total. The van der Waals surface area contributed by atoms with Crippen molar-refractivity contribution in [1.29, 1.82) is 0 Å². The van der Waals surface area contributed by atoms with Gasteiger partial charge in [0, 0.05) is 19.2 Å². The molecule has 1 saturated heterocycles. The number of carboxylic acid groups (broad SMARTS) is 1. The summed E-state index contributed by atoms with van der Waals surface area (Å²) in [6, 6.07) is 1.86. The molecule has 2 atom stereocenters. The van der Waals surface area contributed by atoms with E-state index >= 15 is 0 Å². The lowest BCUT2D eigenvalue weighted by molar-refractivity contribution is -0.149. The van der Waals surface area contributed by atoms with Crippen molar-refractivity contribution >= 4 is 5.97 Å². The second-order valence-electron chi connectivity index (χ2n) is 4.22. The van der Waals surface area contributed by atoms with Crippen LogP contribution in [-0.2, 0) is 16.1 Å². The summed E-state index contributed by atoms with van der Waals surface area (Å²) in [6.45, 7) is 3.08. The van der Waals surface area contributed by atoms with E-state index in [1.807, 2.05) is 13.0 Å². The zero-order valence-electron chi connectivity index (χ0n) is 9.68. The molecule has 0 aromatic carbocycles. The highest BCUT2D eigenvalue weighted by molar-refractivity contribution is 5.72. The van der Waals surface area contributed by atoms with Gasteiger partial charge in [-0.15, -0.1) is 0 Å². The normalized spacial score (nSPS) is 24.1. The fraction of sp³-hybridized carbons (Fsp3) is 0.636. The molecule has 1 aromatic rings. The highest BCUT2D eigenvalue weighted by atomic mass is 16.5. The molecule has 2 unspecified atom stereocenters. The Morgan fingerprint density at radius 2 is 2.47 bits per heavy atom. The van der Waals surface area contributed by atoms with Crippen LogP contribution in [0.1, 0.15) is 24.3 Å². The number of aliphatic carboxylic acids is 1. The minimum atomic E-state index is -0.875. The van der Waals surface area contributed by atoms with Gasteiger partial charge in [-0.1, -0.05) is 5.16 Å². The number of nitrogens with zero attached hydrogens (tertiary/aromatic N) is 1. The number of nitrogens with one attached hydrogen (secondary N) is 1. The van der Waals surface area contributed by atoms with Gasteiger partial charge in [0.25, 0.3) is 0 Å². The van der Waals surface area contributed by atoms with Crippen LogP contribution in [0.2, 0.25) is 0 Å². The second kappa shape index (κ2) is 5.29. The van der Waals surface area contributed by atoms with E-state index < -0.39 is 12.1 Å². The molecule has 94 valence electrons. The van der Waals surface area contributed by atoms with E-state index in [0.717, 1.165) is 17.9 Å². The van der Waals surface area contributed by atoms with E-state index in [9.17, 15) is 4.79 Å². The molecule has 1 aliphatic heterocycles. The molecule has 17 heavy (non-hydrogen) atoms. The summed E-state index contributed by atoms with van der Waals surface area (Å²) >= 11 is 0. The largest absolute Gasteiger partial charge is 0.479 e. The number of aromatic nitrogens is 1. The summed E-state index contributed by atoms with van der Waals surface area (Å²) in [7, 11) is 0. The van der Waals surface area contributed by atoms with Crippen molar-refractivity contribution in [3.8, 4) is 0 Å². The van der Waals surface area contributed by atoms with Crippen LogP contribution >= 0.6 is 0 Å². The molecule has 1 fully saturated rings. The maximum Gasteiger partial charge on any atom is 0.332 e. The molecule has 0 saturated carbocycles. The zero-order chi connectivity index (χ0) is 12.3. The standard InChI is InChI=1S/C11H16N2O4/c1-7-4-8(13-17-7)5-12-6-9-2-3-10(16-9)11(14)15/h4,9-10,12H,2-3,5-6H2,1H3,(H,14,15). The predicted octanol–water partition coefficient (Wildman–Crippen LogP) is 0.705. The Bertz CT molecular complexity index is 391. The lowest BCUT2D eigenvalue weighted by Gasteiger charge is -2.11. The van der Waals surface area contributed by atoms with Gasteiger partial charge in [0.1, 0.15) is 5.76 Å². The van der Waals surface area contributed by atoms with Crippen molar-refractivity contribution in [3.63, 3.8) is 0 Å². The molecule has 1 aromatic heterocycles. The molecule has 2 rings (SSSR count). The first-order chi connectivity index (χ1) is 8.15. The zero-order valence-corrected chi connectivity index (χ0v) is 9.68. The third-order valence-corrected chi connectivity index (χ3v) is 2.74. The van der Waals surface area contributed by atoms with Crippen LogP contribution in [0.25, 0.3) is 0 Å². The lowest BCUT2D eigenvalue weighted by atomic mass is 10.2. The Hall–Kier alpha value is -1.40. The van der Waals surface area contributed by atoms with Gasteiger partial charge >= 0.3 is 5.97 Å². The lowest BCUT2D eigenvalue weighted by Crippen LogP contribution is -2.28. The van der Waals surface area contributed by atoms with Crippen LogP contribution in [0.15, 0.2) is 10.6 Å². The third-order valence-electron chi connectivity index (χ3n) is 2.74. The van der Waals surface area contributed by atoms with Gasteiger partial charge in [-0.2, -0.15) is 0 Å². The Morgan fingerprint density at radius 1 is 1.65 bits per heavy atom. The highest BCUT2D eigenvalue weighted by Crippen LogP contribution is 2.19. The van der Waals surface area contributed by atoms with Crippen LogP contribution in [0.5, 0.6) is 0 Å². The maximum atomic E-state index is 10.7. The SMILES string of the molecule is Cc1cc(CNCC2CCC(C(=O)O)O2)no1. The van der Waals surface area contributed by atoms with E-state index in [0.29, 0.717) is 19.5 Å². The van der Waals surface area contributed by atoms with Gasteiger partial charge < -0.3 is 19.7 Å².